The number of para-hydroxylation sites is 1. The number of rotatable bonds is 8. The third-order valence-corrected chi connectivity index (χ3v) is 6.45. The standard InChI is InChI=1S/C23H24N6O2S/c30-21(26-12-16-6-3-4-10-24-16)15-32-23-28-27-22(29(23)14-17-7-5-11-31-17)19-13-25-20-9-2-1-8-18(19)20/h1-4,6,8-10,13,17,25H,5,7,11-12,14-15H2,(H,26,30). The first-order valence-electron chi connectivity index (χ1n) is 10.7. The van der Waals surface area contributed by atoms with Crippen LogP contribution in [0.1, 0.15) is 18.5 Å². The van der Waals surface area contributed by atoms with Crippen molar-refractivity contribution in [1.29, 1.82) is 0 Å². The van der Waals surface area contributed by atoms with Gasteiger partial charge in [0, 0.05) is 35.5 Å². The van der Waals surface area contributed by atoms with Crippen LogP contribution in [-0.4, -0.2) is 49.1 Å². The largest absolute Gasteiger partial charge is 0.376 e. The highest BCUT2D eigenvalue weighted by Crippen LogP contribution is 2.31. The van der Waals surface area contributed by atoms with Gasteiger partial charge in [-0.15, -0.1) is 10.2 Å². The molecule has 0 radical (unpaired) electrons. The third-order valence-electron chi connectivity index (χ3n) is 5.48. The number of pyridine rings is 1. The number of H-pyrrole nitrogens is 1. The SMILES string of the molecule is O=C(CSc1nnc(-c2c[nH]c3ccccc23)n1CC1CCCO1)NCc1ccccn1. The summed E-state index contributed by atoms with van der Waals surface area (Å²) in [5.74, 6) is 0.972. The Kier molecular flexibility index (Phi) is 6.17. The molecule has 1 aliphatic rings. The molecule has 4 aromatic rings. The van der Waals surface area contributed by atoms with Crippen LogP contribution in [0.15, 0.2) is 60.0 Å². The summed E-state index contributed by atoms with van der Waals surface area (Å²) < 4.78 is 7.96. The number of nitrogens with zero attached hydrogens (tertiary/aromatic N) is 4. The summed E-state index contributed by atoms with van der Waals surface area (Å²) >= 11 is 1.39. The number of aromatic nitrogens is 5. The van der Waals surface area contributed by atoms with Crippen LogP contribution >= 0.6 is 11.8 Å². The highest BCUT2D eigenvalue weighted by molar-refractivity contribution is 7.99. The van der Waals surface area contributed by atoms with Crippen LogP contribution in [0.2, 0.25) is 0 Å². The Labute approximate surface area is 189 Å². The van der Waals surface area contributed by atoms with E-state index in [0.717, 1.165) is 47.4 Å². The maximum atomic E-state index is 12.4. The maximum Gasteiger partial charge on any atom is 0.230 e. The highest BCUT2D eigenvalue weighted by Gasteiger charge is 2.23. The topological polar surface area (TPSA) is 97.7 Å². The third kappa shape index (κ3) is 4.53. The van der Waals surface area contributed by atoms with E-state index in [2.05, 4.69) is 36.1 Å². The lowest BCUT2D eigenvalue weighted by Gasteiger charge is -2.14. The number of hydrogen-bond acceptors (Lipinski definition) is 6. The fraction of sp³-hybridized carbons (Fsp3) is 0.304. The number of benzene rings is 1. The summed E-state index contributed by atoms with van der Waals surface area (Å²) in [7, 11) is 0. The zero-order chi connectivity index (χ0) is 21.8. The fourth-order valence-electron chi connectivity index (χ4n) is 3.88. The number of carbonyl (C=O) groups excluding carboxylic acids is 1. The lowest BCUT2D eigenvalue weighted by molar-refractivity contribution is -0.118. The van der Waals surface area contributed by atoms with Gasteiger partial charge < -0.3 is 15.0 Å². The Balaban J connectivity index is 1.34. The number of nitrogens with one attached hydrogen (secondary N) is 2. The second-order valence-electron chi connectivity index (χ2n) is 7.69. The van der Waals surface area contributed by atoms with Gasteiger partial charge in [0.15, 0.2) is 11.0 Å². The molecule has 0 aliphatic carbocycles. The van der Waals surface area contributed by atoms with Gasteiger partial charge in [-0.25, -0.2) is 0 Å². The molecule has 8 nitrogen and oxygen atoms in total. The van der Waals surface area contributed by atoms with Gasteiger partial charge in [0.05, 0.1) is 30.6 Å². The van der Waals surface area contributed by atoms with Gasteiger partial charge in [0.1, 0.15) is 0 Å². The van der Waals surface area contributed by atoms with E-state index in [0.29, 0.717) is 18.2 Å². The molecule has 1 aromatic carbocycles. The number of fused-ring (bicyclic) bond motifs is 1. The minimum absolute atomic E-state index is 0.0686. The van der Waals surface area contributed by atoms with Crippen molar-refractivity contribution in [2.45, 2.75) is 37.2 Å². The van der Waals surface area contributed by atoms with Gasteiger partial charge in [-0.05, 0) is 31.0 Å². The summed E-state index contributed by atoms with van der Waals surface area (Å²) in [6.07, 6.45) is 5.89. The molecule has 4 heterocycles. The second-order valence-corrected chi connectivity index (χ2v) is 8.63. The molecule has 32 heavy (non-hydrogen) atoms. The first-order chi connectivity index (χ1) is 15.8. The van der Waals surface area contributed by atoms with E-state index < -0.39 is 0 Å². The molecule has 1 saturated heterocycles. The molecule has 5 rings (SSSR count). The number of amides is 1. The van der Waals surface area contributed by atoms with E-state index in [1.54, 1.807) is 6.20 Å². The number of aromatic amines is 1. The summed E-state index contributed by atoms with van der Waals surface area (Å²) in [6, 6.07) is 13.8. The molecule has 3 aromatic heterocycles. The number of ether oxygens (including phenoxy) is 1. The zero-order valence-corrected chi connectivity index (χ0v) is 18.3. The van der Waals surface area contributed by atoms with Crippen molar-refractivity contribution in [1.82, 2.24) is 30.0 Å². The summed E-state index contributed by atoms with van der Waals surface area (Å²) in [5, 5.41) is 13.6. The van der Waals surface area contributed by atoms with E-state index in [4.69, 9.17) is 4.74 Å². The predicted octanol–water partition coefficient (Wildman–Crippen LogP) is 3.41. The van der Waals surface area contributed by atoms with Crippen molar-refractivity contribution >= 4 is 28.6 Å². The summed E-state index contributed by atoms with van der Waals surface area (Å²) in [4.78, 5) is 20.0. The van der Waals surface area contributed by atoms with Gasteiger partial charge in [0.2, 0.25) is 5.91 Å². The van der Waals surface area contributed by atoms with Gasteiger partial charge in [-0.1, -0.05) is 36.0 Å². The van der Waals surface area contributed by atoms with Crippen LogP contribution in [0, 0.1) is 0 Å². The molecule has 1 atom stereocenters. The molecule has 1 fully saturated rings. The molecular formula is C23H24N6O2S. The molecule has 1 amide bonds. The van der Waals surface area contributed by atoms with E-state index in [1.165, 1.54) is 11.8 Å². The normalized spacial score (nSPS) is 15.9. The van der Waals surface area contributed by atoms with Crippen molar-refractivity contribution in [3.05, 3.63) is 60.6 Å². The molecule has 164 valence electrons. The minimum Gasteiger partial charge on any atom is -0.376 e. The Hall–Kier alpha value is -3.17. The Morgan fingerprint density at radius 1 is 1.22 bits per heavy atom. The second kappa shape index (κ2) is 9.54. The van der Waals surface area contributed by atoms with Crippen LogP contribution in [0.4, 0.5) is 0 Å². The fourth-order valence-corrected chi connectivity index (χ4v) is 4.66. The van der Waals surface area contributed by atoms with Gasteiger partial charge >= 0.3 is 0 Å². The Morgan fingerprint density at radius 2 is 2.12 bits per heavy atom. The molecule has 9 heteroatoms. The van der Waals surface area contributed by atoms with Crippen molar-refractivity contribution in [3.8, 4) is 11.4 Å². The number of hydrogen-bond donors (Lipinski definition) is 2. The molecular weight excluding hydrogens is 424 g/mol. The van der Waals surface area contributed by atoms with Crippen molar-refractivity contribution in [2.24, 2.45) is 0 Å². The van der Waals surface area contributed by atoms with Gasteiger partial charge in [-0.3, -0.25) is 14.3 Å². The lowest BCUT2D eigenvalue weighted by atomic mass is 10.1. The number of thioether (sulfide) groups is 1. The average molecular weight is 449 g/mol. The van der Waals surface area contributed by atoms with Gasteiger partial charge in [-0.2, -0.15) is 0 Å². The average Bonchev–Trinajstić information content (AvgIpc) is 3.58. The van der Waals surface area contributed by atoms with Gasteiger partial charge in [0.25, 0.3) is 0 Å². The first kappa shape index (κ1) is 20.7. The summed E-state index contributed by atoms with van der Waals surface area (Å²) in [6.45, 7) is 1.86. The Morgan fingerprint density at radius 3 is 2.97 bits per heavy atom. The van der Waals surface area contributed by atoms with Crippen LogP contribution in [0.3, 0.4) is 0 Å². The van der Waals surface area contributed by atoms with E-state index >= 15 is 0 Å². The van der Waals surface area contributed by atoms with E-state index in [9.17, 15) is 4.79 Å². The van der Waals surface area contributed by atoms with Crippen LogP contribution in [-0.2, 0) is 22.6 Å². The quantitative estimate of drug-likeness (QED) is 0.401. The molecule has 0 spiro atoms. The number of carbonyl (C=O) groups is 1. The van der Waals surface area contributed by atoms with Crippen LogP contribution in [0.5, 0.6) is 0 Å². The Bertz CT molecular complexity index is 1200. The van der Waals surface area contributed by atoms with E-state index in [1.807, 2.05) is 42.6 Å². The van der Waals surface area contributed by atoms with E-state index in [-0.39, 0.29) is 17.8 Å². The minimum atomic E-state index is -0.0686. The monoisotopic (exact) mass is 448 g/mol. The van der Waals surface area contributed by atoms with Crippen molar-refractivity contribution < 1.29 is 9.53 Å². The van der Waals surface area contributed by atoms with Crippen LogP contribution in [0.25, 0.3) is 22.3 Å². The predicted molar refractivity (Wildman–Crippen MR) is 123 cm³/mol. The molecule has 1 aliphatic heterocycles. The lowest BCUT2D eigenvalue weighted by Crippen LogP contribution is -2.25. The van der Waals surface area contributed by atoms with Crippen LogP contribution < -0.4 is 5.32 Å². The zero-order valence-electron chi connectivity index (χ0n) is 17.5. The molecule has 0 bridgehead atoms. The van der Waals surface area contributed by atoms with Crippen molar-refractivity contribution in [3.63, 3.8) is 0 Å². The highest BCUT2D eigenvalue weighted by atomic mass is 32.2. The summed E-state index contributed by atoms with van der Waals surface area (Å²) in [5.41, 5.74) is 2.88. The molecule has 2 N–H and O–H groups in total. The molecule has 1 unspecified atom stereocenters. The molecule has 0 saturated carbocycles. The maximum absolute atomic E-state index is 12.4. The first-order valence-corrected chi connectivity index (χ1v) is 11.7. The smallest absolute Gasteiger partial charge is 0.230 e. The van der Waals surface area contributed by atoms with Crippen molar-refractivity contribution in [2.75, 3.05) is 12.4 Å².